The van der Waals surface area contributed by atoms with Gasteiger partial charge in [0.1, 0.15) is 5.60 Å². The van der Waals surface area contributed by atoms with Gasteiger partial charge < -0.3 is 10.4 Å². The Hall–Kier alpha value is -1.64. The summed E-state index contributed by atoms with van der Waals surface area (Å²) in [6.07, 6.45) is 0. The minimum atomic E-state index is -0.967. The Morgan fingerprint density at radius 3 is 1.74 bits per heavy atom. The topological polar surface area (TPSA) is 32.3 Å². The highest BCUT2D eigenvalue weighted by atomic mass is 16.3. The molecule has 2 nitrogen and oxygen atoms in total. The van der Waals surface area contributed by atoms with Crippen molar-refractivity contribution in [3.8, 4) is 0 Å². The molecule has 0 heterocycles. The third-order valence-corrected chi connectivity index (χ3v) is 3.65. The number of hydrogen-bond donors (Lipinski definition) is 2. The molecule has 2 aromatic carbocycles. The van der Waals surface area contributed by atoms with E-state index in [4.69, 9.17) is 0 Å². The maximum Gasteiger partial charge on any atom is 0.118 e. The molecule has 0 amide bonds. The SMILES string of the molecule is CNCC(C)C(O)(c1ccccc1)c1ccccc1. The Balaban J connectivity index is 2.51. The van der Waals surface area contributed by atoms with E-state index in [9.17, 15) is 5.11 Å². The van der Waals surface area contributed by atoms with Crippen molar-refractivity contribution in [2.24, 2.45) is 5.92 Å². The van der Waals surface area contributed by atoms with E-state index >= 15 is 0 Å². The Labute approximate surface area is 115 Å². The summed E-state index contributed by atoms with van der Waals surface area (Å²) in [6.45, 7) is 2.82. The molecule has 0 spiro atoms. The van der Waals surface area contributed by atoms with Gasteiger partial charge in [0, 0.05) is 12.5 Å². The molecule has 1 atom stereocenters. The highest BCUT2D eigenvalue weighted by molar-refractivity contribution is 5.36. The van der Waals surface area contributed by atoms with Crippen molar-refractivity contribution in [3.63, 3.8) is 0 Å². The number of hydrogen-bond acceptors (Lipinski definition) is 2. The number of rotatable bonds is 5. The third-order valence-electron chi connectivity index (χ3n) is 3.65. The van der Waals surface area contributed by atoms with E-state index in [1.807, 2.05) is 67.7 Å². The molecule has 2 rings (SSSR count). The van der Waals surface area contributed by atoms with Crippen molar-refractivity contribution < 1.29 is 5.11 Å². The molecule has 0 radical (unpaired) electrons. The van der Waals surface area contributed by atoms with Crippen LogP contribution in [0.2, 0.25) is 0 Å². The Bertz CT molecular complexity index is 456. The molecule has 100 valence electrons. The molecule has 19 heavy (non-hydrogen) atoms. The largest absolute Gasteiger partial charge is 0.380 e. The molecule has 0 saturated heterocycles. The molecule has 0 aliphatic carbocycles. The van der Waals surface area contributed by atoms with Gasteiger partial charge in [-0.05, 0) is 18.2 Å². The first-order valence-corrected chi connectivity index (χ1v) is 6.67. The molecule has 0 aliphatic heterocycles. The zero-order chi connectivity index (χ0) is 13.7. The zero-order valence-electron chi connectivity index (χ0n) is 11.5. The lowest BCUT2D eigenvalue weighted by molar-refractivity contribution is 0.0248. The fourth-order valence-electron chi connectivity index (χ4n) is 2.57. The fraction of sp³-hybridized carbons (Fsp3) is 0.294. The maximum atomic E-state index is 11.3. The standard InChI is InChI=1S/C17H21NO/c1-14(13-18-2)17(19,15-9-5-3-6-10-15)16-11-7-4-8-12-16/h3-12,14,18-19H,13H2,1-2H3. The van der Waals surface area contributed by atoms with Crippen LogP contribution < -0.4 is 5.32 Å². The average Bonchev–Trinajstić information content (AvgIpc) is 2.48. The molecule has 2 aromatic rings. The second-order valence-electron chi connectivity index (χ2n) is 4.96. The minimum Gasteiger partial charge on any atom is -0.380 e. The van der Waals surface area contributed by atoms with Crippen molar-refractivity contribution in [1.82, 2.24) is 5.32 Å². The third kappa shape index (κ3) is 2.70. The van der Waals surface area contributed by atoms with Crippen LogP contribution in [-0.4, -0.2) is 18.7 Å². The van der Waals surface area contributed by atoms with Gasteiger partial charge in [-0.3, -0.25) is 0 Å². The number of aliphatic hydroxyl groups is 1. The number of nitrogens with one attached hydrogen (secondary N) is 1. The van der Waals surface area contributed by atoms with Crippen LogP contribution in [0.3, 0.4) is 0 Å². The minimum absolute atomic E-state index is 0.0716. The molecule has 1 unspecified atom stereocenters. The van der Waals surface area contributed by atoms with E-state index < -0.39 is 5.60 Å². The van der Waals surface area contributed by atoms with E-state index in [1.165, 1.54) is 0 Å². The summed E-state index contributed by atoms with van der Waals surface area (Å²) in [5.41, 5.74) is 0.902. The van der Waals surface area contributed by atoms with Crippen LogP contribution in [-0.2, 0) is 5.60 Å². The first-order valence-electron chi connectivity index (χ1n) is 6.67. The molecule has 0 fully saturated rings. The Morgan fingerprint density at radius 2 is 1.37 bits per heavy atom. The van der Waals surface area contributed by atoms with Gasteiger partial charge in [0.2, 0.25) is 0 Å². The van der Waals surface area contributed by atoms with Crippen LogP contribution in [0, 0.1) is 5.92 Å². The van der Waals surface area contributed by atoms with Gasteiger partial charge in [0.25, 0.3) is 0 Å². The summed E-state index contributed by atoms with van der Waals surface area (Å²) < 4.78 is 0. The first kappa shape index (κ1) is 13.8. The van der Waals surface area contributed by atoms with Crippen molar-refractivity contribution in [1.29, 1.82) is 0 Å². The summed E-state index contributed by atoms with van der Waals surface area (Å²) in [4.78, 5) is 0. The maximum absolute atomic E-state index is 11.3. The first-order chi connectivity index (χ1) is 9.19. The van der Waals surface area contributed by atoms with Gasteiger partial charge >= 0.3 is 0 Å². The molecule has 0 saturated carbocycles. The van der Waals surface area contributed by atoms with Crippen LogP contribution in [0.15, 0.2) is 60.7 Å². The second-order valence-corrected chi connectivity index (χ2v) is 4.96. The van der Waals surface area contributed by atoms with E-state index in [0.29, 0.717) is 0 Å². The quantitative estimate of drug-likeness (QED) is 0.861. The van der Waals surface area contributed by atoms with Gasteiger partial charge in [-0.15, -0.1) is 0 Å². The van der Waals surface area contributed by atoms with Crippen LogP contribution in [0.1, 0.15) is 18.1 Å². The highest BCUT2D eigenvalue weighted by Gasteiger charge is 2.36. The predicted molar refractivity (Wildman–Crippen MR) is 79.0 cm³/mol. The predicted octanol–water partition coefficient (Wildman–Crippen LogP) is 2.78. The molecule has 0 bridgehead atoms. The monoisotopic (exact) mass is 255 g/mol. The van der Waals surface area contributed by atoms with E-state index in [1.54, 1.807) is 0 Å². The molecule has 0 aliphatic rings. The van der Waals surface area contributed by atoms with Crippen molar-refractivity contribution >= 4 is 0 Å². The molecule has 0 aromatic heterocycles. The van der Waals surface area contributed by atoms with E-state index in [-0.39, 0.29) is 5.92 Å². The van der Waals surface area contributed by atoms with Gasteiger partial charge in [-0.1, -0.05) is 67.6 Å². The van der Waals surface area contributed by atoms with Crippen molar-refractivity contribution in [3.05, 3.63) is 71.8 Å². The lowest BCUT2D eigenvalue weighted by Crippen LogP contribution is -2.39. The average molecular weight is 255 g/mol. The van der Waals surface area contributed by atoms with Crippen molar-refractivity contribution in [2.75, 3.05) is 13.6 Å². The summed E-state index contributed by atoms with van der Waals surface area (Å²) in [7, 11) is 1.91. The zero-order valence-corrected chi connectivity index (χ0v) is 11.5. The van der Waals surface area contributed by atoms with Gasteiger partial charge in [0.15, 0.2) is 0 Å². The Kier molecular flexibility index (Phi) is 4.35. The summed E-state index contributed by atoms with van der Waals surface area (Å²) in [6, 6.07) is 19.8. The van der Waals surface area contributed by atoms with Gasteiger partial charge in [-0.2, -0.15) is 0 Å². The van der Waals surface area contributed by atoms with Gasteiger partial charge in [-0.25, -0.2) is 0 Å². The van der Waals surface area contributed by atoms with E-state index in [2.05, 4.69) is 12.2 Å². The van der Waals surface area contributed by atoms with Crippen LogP contribution in [0.25, 0.3) is 0 Å². The van der Waals surface area contributed by atoms with Crippen molar-refractivity contribution in [2.45, 2.75) is 12.5 Å². The number of benzene rings is 2. The van der Waals surface area contributed by atoms with Crippen LogP contribution in [0.5, 0.6) is 0 Å². The smallest absolute Gasteiger partial charge is 0.118 e. The van der Waals surface area contributed by atoms with Gasteiger partial charge in [0.05, 0.1) is 0 Å². The summed E-state index contributed by atoms with van der Waals surface area (Å²) >= 11 is 0. The highest BCUT2D eigenvalue weighted by Crippen LogP contribution is 2.36. The lowest BCUT2D eigenvalue weighted by Gasteiger charge is -2.35. The van der Waals surface area contributed by atoms with Crippen LogP contribution in [0.4, 0.5) is 0 Å². The van der Waals surface area contributed by atoms with E-state index in [0.717, 1.165) is 17.7 Å². The molecule has 2 heteroatoms. The fourth-order valence-corrected chi connectivity index (χ4v) is 2.57. The molecule has 2 N–H and O–H groups in total. The summed E-state index contributed by atoms with van der Waals surface area (Å²) in [5, 5.41) is 14.5. The second kappa shape index (κ2) is 6.00. The van der Waals surface area contributed by atoms with Crippen LogP contribution >= 0.6 is 0 Å². The lowest BCUT2D eigenvalue weighted by atomic mass is 9.77. The molecular formula is C17H21NO. The Morgan fingerprint density at radius 1 is 0.947 bits per heavy atom. The molecular weight excluding hydrogens is 234 g/mol. The summed E-state index contributed by atoms with van der Waals surface area (Å²) in [5.74, 6) is 0.0716. The normalized spacial score (nSPS) is 13.2.